The van der Waals surface area contributed by atoms with Crippen LogP contribution in [0.15, 0.2) is 81.5 Å². The van der Waals surface area contributed by atoms with E-state index in [-0.39, 0.29) is 5.97 Å². The lowest BCUT2D eigenvalue weighted by molar-refractivity contribution is 0.0600. The summed E-state index contributed by atoms with van der Waals surface area (Å²) in [6, 6.07) is 17.0. The van der Waals surface area contributed by atoms with Crippen LogP contribution >= 0.6 is 0 Å². The molecule has 146 valence electrons. The Hall–Kier alpha value is -3.94. The molecule has 0 amide bonds. The highest BCUT2D eigenvalue weighted by molar-refractivity contribution is 6.07. The SMILES string of the molecule is COC(=O)c1cccc(/C=N/NC2=NC=NC3(C)C2=CNN3c2ccccc2)c1. The van der Waals surface area contributed by atoms with E-state index in [0.717, 1.165) is 16.8 Å². The van der Waals surface area contributed by atoms with E-state index in [1.807, 2.05) is 54.5 Å². The minimum atomic E-state index is -0.647. The molecule has 8 nitrogen and oxygen atoms in total. The Kier molecular flexibility index (Phi) is 4.82. The van der Waals surface area contributed by atoms with E-state index in [2.05, 4.69) is 25.9 Å². The highest BCUT2D eigenvalue weighted by atomic mass is 16.5. The van der Waals surface area contributed by atoms with Crippen molar-refractivity contribution in [3.8, 4) is 0 Å². The first-order valence-electron chi connectivity index (χ1n) is 9.03. The van der Waals surface area contributed by atoms with E-state index in [1.165, 1.54) is 13.4 Å². The number of methoxy groups -OCH3 is 1. The predicted octanol–water partition coefficient (Wildman–Crippen LogP) is 2.46. The topological polar surface area (TPSA) is 90.7 Å². The molecule has 1 atom stereocenters. The van der Waals surface area contributed by atoms with Gasteiger partial charge in [0, 0.05) is 6.20 Å². The summed E-state index contributed by atoms with van der Waals surface area (Å²) in [6.07, 6.45) is 5.01. The van der Waals surface area contributed by atoms with Gasteiger partial charge >= 0.3 is 5.97 Å². The van der Waals surface area contributed by atoms with E-state index in [0.29, 0.717) is 11.4 Å². The molecular weight excluding hydrogens is 368 g/mol. The number of carbonyl (C=O) groups is 1. The molecule has 2 aliphatic rings. The minimum Gasteiger partial charge on any atom is -0.465 e. The van der Waals surface area contributed by atoms with Crippen molar-refractivity contribution < 1.29 is 9.53 Å². The molecule has 2 aliphatic heterocycles. The fourth-order valence-electron chi connectivity index (χ4n) is 3.22. The molecule has 2 aromatic rings. The number of para-hydroxylation sites is 1. The van der Waals surface area contributed by atoms with Gasteiger partial charge in [-0.05, 0) is 36.8 Å². The number of nitrogens with zero attached hydrogens (tertiary/aromatic N) is 4. The number of benzene rings is 2. The zero-order valence-electron chi connectivity index (χ0n) is 16.0. The molecule has 29 heavy (non-hydrogen) atoms. The smallest absolute Gasteiger partial charge is 0.337 e. The average Bonchev–Trinajstić information content (AvgIpc) is 3.12. The summed E-state index contributed by atoms with van der Waals surface area (Å²) in [4.78, 5) is 20.6. The quantitative estimate of drug-likeness (QED) is 0.477. The molecule has 0 fully saturated rings. The van der Waals surface area contributed by atoms with Crippen molar-refractivity contribution in [2.24, 2.45) is 15.1 Å². The monoisotopic (exact) mass is 388 g/mol. The first-order chi connectivity index (χ1) is 14.1. The zero-order valence-corrected chi connectivity index (χ0v) is 16.0. The minimum absolute atomic E-state index is 0.389. The van der Waals surface area contributed by atoms with E-state index >= 15 is 0 Å². The summed E-state index contributed by atoms with van der Waals surface area (Å²) in [5, 5.41) is 6.25. The molecule has 0 saturated carbocycles. The van der Waals surface area contributed by atoms with Crippen molar-refractivity contribution in [3.63, 3.8) is 0 Å². The van der Waals surface area contributed by atoms with E-state index in [1.54, 1.807) is 24.4 Å². The Labute approximate surface area is 168 Å². The maximum atomic E-state index is 11.7. The molecule has 4 rings (SSSR count). The molecule has 0 spiro atoms. The second-order valence-electron chi connectivity index (χ2n) is 6.59. The summed E-state index contributed by atoms with van der Waals surface area (Å²) >= 11 is 0. The summed E-state index contributed by atoms with van der Waals surface area (Å²) < 4.78 is 4.74. The fourth-order valence-corrected chi connectivity index (χ4v) is 3.22. The Morgan fingerprint density at radius 3 is 2.86 bits per heavy atom. The van der Waals surface area contributed by atoms with Crippen molar-refractivity contribution >= 4 is 30.0 Å². The lowest BCUT2D eigenvalue weighted by atomic mass is 10.0. The first kappa shape index (κ1) is 18.4. The van der Waals surface area contributed by atoms with Crippen LogP contribution in [0.5, 0.6) is 0 Å². The molecule has 2 N–H and O–H groups in total. The molecule has 2 heterocycles. The van der Waals surface area contributed by atoms with Crippen molar-refractivity contribution in [1.29, 1.82) is 0 Å². The van der Waals surface area contributed by atoms with Gasteiger partial charge in [-0.3, -0.25) is 10.4 Å². The van der Waals surface area contributed by atoms with Gasteiger partial charge in [-0.25, -0.2) is 14.8 Å². The van der Waals surface area contributed by atoms with Gasteiger partial charge < -0.3 is 10.2 Å². The van der Waals surface area contributed by atoms with Crippen LogP contribution in [-0.2, 0) is 4.74 Å². The molecule has 2 aromatic carbocycles. The number of hydrogen-bond acceptors (Lipinski definition) is 8. The third-order valence-corrected chi connectivity index (χ3v) is 4.74. The van der Waals surface area contributed by atoms with Crippen molar-refractivity contribution in [2.75, 3.05) is 12.1 Å². The average molecular weight is 388 g/mol. The van der Waals surface area contributed by atoms with Crippen molar-refractivity contribution in [3.05, 3.63) is 77.5 Å². The van der Waals surface area contributed by atoms with Crippen LogP contribution < -0.4 is 15.9 Å². The van der Waals surface area contributed by atoms with Gasteiger partial charge in [0.15, 0.2) is 11.5 Å². The number of nitrogens with one attached hydrogen (secondary N) is 2. The van der Waals surface area contributed by atoms with Gasteiger partial charge in [-0.2, -0.15) is 5.10 Å². The Bertz CT molecular complexity index is 1040. The van der Waals surface area contributed by atoms with Crippen LogP contribution in [0.2, 0.25) is 0 Å². The lowest BCUT2D eigenvalue weighted by Gasteiger charge is -2.36. The largest absolute Gasteiger partial charge is 0.465 e. The number of hydrogen-bond donors (Lipinski definition) is 2. The molecule has 0 aliphatic carbocycles. The maximum absolute atomic E-state index is 11.7. The summed E-state index contributed by atoms with van der Waals surface area (Å²) in [6.45, 7) is 2.00. The molecule has 0 bridgehead atoms. The van der Waals surface area contributed by atoms with Gasteiger partial charge in [0.25, 0.3) is 0 Å². The van der Waals surface area contributed by atoms with Gasteiger partial charge in [0.2, 0.25) is 0 Å². The van der Waals surface area contributed by atoms with E-state index in [9.17, 15) is 4.79 Å². The van der Waals surface area contributed by atoms with Crippen LogP contribution in [0.3, 0.4) is 0 Å². The highest BCUT2D eigenvalue weighted by Gasteiger charge is 2.43. The number of ether oxygens (including phenoxy) is 1. The number of esters is 1. The number of anilines is 1. The predicted molar refractivity (Wildman–Crippen MR) is 113 cm³/mol. The summed E-state index contributed by atoms with van der Waals surface area (Å²) in [5.74, 6) is 0.203. The fraction of sp³-hybridized carbons (Fsp3) is 0.143. The van der Waals surface area contributed by atoms with Crippen LogP contribution in [-0.4, -0.2) is 37.1 Å². The van der Waals surface area contributed by atoms with Gasteiger partial charge in [0.1, 0.15) is 6.34 Å². The maximum Gasteiger partial charge on any atom is 0.337 e. The highest BCUT2D eigenvalue weighted by Crippen LogP contribution is 2.35. The lowest BCUT2D eigenvalue weighted by Crippen LogP contribution is -2.50. The molecule has 0 radical (unpaired) electrons. The number of rotatable bonds is 4. The number of amidine groups is 1. The van der Waals surface area contributed by atoms with Crippen LogP contribution in [0.4, 0.5) is 5.69 Å². The van der Waals surface area contributed by atoms with Crippen molar-refractivity contribution in [2.45, 2.75) is 12.6 Å². The normalized spacial score (nSPS) is 20.0. The zero-order chi connectivity index (χ0) is 20.3. The second kappa shape index (κ2) is 7.59. The molecular formula is C21H20N6O2. The second-order valence-corrected chi connectivity index (χ2v) is 6.59. The van der Waals surface area contributed by atoms with E-state index < -0.39 is 5.66 Å². The Morgan fingerprint density at radius 2 is 2.07 bits per heavy atom. The number of hydrazone groups is 1. The van der Waals surface area contributed by atoms with Crippen molar-refractivity contribution in [1.82, 2.24) is 10.9 Å². The number of hydrazine groups is 1. The Balaban J connectivity index is 1.50. The number of aliphatic imine (C=N–C) groups is 2. The van der Waals surface area contributed by atoms with Gasteiger partial charge in [-0.15, -0.1) is 0 Å². The standard InChI is InChI=1S/C21H20N6O2/c1-21-18(13-25-27(21)17-9-4-3-5-10-17)19(22-14-23-21)26-24-12-15-7-6-8-16(11-15)20(28)29-2/h3-14,25H,1-2H3,(H,22,23,26)/b24-12+. The first-order valence-corrected chi connectivity index (χ1v) is 9.03. The summed E-state index contributed by atoms with van der Waals surface area (Å²) in [5.41, 5.74) is 8.67. The third-order valence-electron chi connectivity index (χ3n) is 4.74. The summed E-state index contributed by atoms with van der Waals surface area (Å²) in [7, 11) is 1.35. The molecule has 0 saturated heterocycles. The number of carbonyl (C=O) groups excluding carboxylic acids is 1. The van der Waals surface area contributed by atoms with Crippen LogP contribution in [0.25, 0.3) is 0 Å². The molecule has 0 aromatic heterocycles. The van der Waals surface area contributed by atoms with Crippen LogP contribution in [0, 0.1) is 0 Å². The van der Waals surface area contributed by atoms with Gasteiger partial charge in [-0.1, -0.05) is 30.3 Å². The third kappa shape index (κ3) is 3.47. The van der Waals surface area contributed by atoms with E-state index in [4.69, 9.17) is 4.74 Å². The Morgan fingerprint density at radius 1 is 1.24 bits per heavy atom. The van der Waals surface area contributed by atoms with Crippen LogP contribution in [0.1, 0.15) is 22.8 Å². The number of fused-ring (bicyclic) bond motifs is 1. The molecule has 8 heteroatoms. The molecule has 1 unspecified atom stereocenters. The van der Waals surface area contributed by atoms with Gasteiger partial charge in [0.05, 0.1) is 30.1 Å².